The molecular formula is C28H32N2O5S. The molecule has 36 heavy (non-hydrogen) atoms. The van der Waals surface area contributed by atoms with Crippen LogP contribution >= 0.6 is 0 Å². The van der Waals surface area contributed by atoms with Crippen molar-refractivity contribution in [2.24, 2.45) is 0 Å². The molecule has 0 bridgehead atoms. The third kappa shape index (κ3) is 5.60. The molecule has 1 heterocycles. The molecule has 2 aromatic carbocycles. The summed E-state index contributed by atoms with van der Waals surface area (Å²) in [5.41, 5.74) is 6.13. The van der Waals surface area contributed by atoms with Crippen LogP contribution in [-0.2, 0) is 27.9 Å². The zero-order chi connectivity index (χ0) is 26.0. The Labute approximate surface area is 214 Å². The van der Waals surface area contributed by atoms with E-state index < -0.39 is 29.9 Å². The molecule has 1 aliphatic carbocycles. The fourth-order valence-corrected chi connectivity index (χ4v) is 5.43. The highest BCUT2D eigenvalue weighted by atomic mass is 32.2. The monoisotopic (exact) mass is 508 g/mol. The van der Waals surface area contributed by atoms with Gasteiger partial charge in [-0.15, -0.1) is 0 Å². The number of carbonyl (C=O) groups is 1. The Bertz CT molecular complexity index is 1280. The molecule has 4 rings (SSSR count). The van der Waals surface area contributed by atoms with Crippen molar-refractivity contribution in [3.63, 3.8) is 0 Å². The van der Waals surface area contributed by atoms with Crippen molar-refractivity contribution in [3.05, 3.63) is 77.0 Å². The number of benzene rings is 2. The van der Waals surface area contributed by atoms with E-state index in [1.54, 1.807) is 24.4 Å². The Morgan fingerprint density at radius 1 is 1.17 bits per heavy atom. The second kappa shape index (κ2) is 10.4. The van der Waals surface area contributed by atoms with Crippen molar-refractivity contribution in [1.29, 1.82) is 0 Å². The van der Waals surface area contributed by atoms with Gasteiger partial charge in [-0.05, 0) is 72.1 Å². The predicted octanol–water partition coefficient (Wildman–Crippen LogP) is 5.84. The first kappa shape index (κ1) is 25.9. The van der Waals surface area contributed by atoms with Crippen LogP contribution in [0.2, 0.25) is 0 Å². The highest BCUT2D eigenvalue weighted by Gasteiger charge is 2.32. The average Bonchev–Trinajstić information content (AvgIpc) is 2.82. The standard InChI is InChI=1S/C28H32N2O5S/c1-18-13-20(15-21(14-18)28(2,3)4)19-11-12-26(29-16-19)30(36(33)34)24-9-5-8-23-22(24)7-6-10-25(23)35-17-27(31)32/h6-7,10-16,24H,5,8-9,17H2,1-4H3,(H,31,32)(H,33,34). The summed E-state index contributed by atoms with van der Waals surface area (Å²) in [6.45, 7) is 8.19. The van der Waals surface area contributed by atoms with E-state index in [0.29, 0.717) is 24.4 Å². The van der Waals surface area contributed by atoms with E-state index in [0.717, 1.165) is 28.7 Å². The lowest BCUT2D eigenvalue weighted by molar-refractivity contribution is -0.139. The lowest BCUT2D eigenvalue weighted by Gasteiger charge is -2.34. The lowest BCUT2D eigenvalue weighted by Crippen LogP contribution is -2.33. The van der Waals surface area contributed by atoms with Crippen LogP contribution in [-0.4, -0.2) is 31.4 Å². The number of hydrogen-bond donors (Lipinski definition) is 2. The molecule has 2 N–H and O–H groups in total. The van der Waals surface area contributed by atoms with Crippen LogP contribution in [0.25, 0.3) is 11.1 Å². The van der Waals surface area contributed by atoms with Gasteiger partial charge in [0.1, 0.15) is 11.6 Å². The summed E-state index contributed by atoms with van der Waals surface area (Å²) < 4.78 is 29.8. The number of rotatable bonds is 7. The molecule has 2 unspecified atom stereocenters. The summed E-state index contributed by atoms with van der Waals surface area (Å²) in [4.78, 5) is 15.6. The molecule has 0 saturated heterocycles. The van der Waals surface area contributed by atoms with Crippen molar-refractivity contribution in [2.75, 3.05) is 10.9 Å². The number of hydrogen-bond acceptors (Lipinski definition) is 4. The summed E-state index contributed by atoms with van der Waals surface area (Å²) in [6, 6.07) is 15.2. The zero-order valence-electron chi connectivity index (χ0n) is 21.0. The number of carboxylic acids is 1. The van der Waals surface area contributed by atoms with Gasteiger partial charge in [-0.25, -0.2) is 18.3 Å². The molecule has 190 valence electrons. The first-order valence-corrected chi connectivity index (χ1v) is 13.1. The Morgan fingerprint density at radius 3 is 2.58 bits per heavy atom. The van der Waals surface area contributed by atoms with Crippen molar-refractivity contribution in [1.82, 2.24) is 4.98 Å². The van der Waals surface area contributed by atoms with E-state index in [9.17, 15) is 13.6 Å². The number of aryl methyl sites for hydroxylation is 1. The van der Waals surface area contributed by atoms with E-state index in [1.807, 2.05) is 12.1 Å². The van der Waals surface area contributed by atoms with Crippen molar-refractivity contribution < 1.29 is 23.4 Å². The van der Waals surface area contributed by atoms with E-state index in [-0.39, 0.29) is 5.41 Å². The van der Waals surface area contributed by atoms with Gasteiger partial charge in [0.15, 0.2) is 6.61 Å². The Hall–Kier alpha value is -3.23. The molecule has 0 radical (unpaired) electrons. The fourth-order valence-electron chi connectivity index (χ4n) is 4.73. The van der Waals surface area contributed by atoms with Crippen molar-refractivity contribution >= 4 is 23.1 Å². The van der Waals surface area contributed by atoms with E-state index in [4.69, 9.17) is 9.84 Å². The van der Waals surface area contributed by atoms with Crippen molar-refractivity contribution in [3.8, 4) is 16.9 Å². The molecule has 1 aliphatic rings. The Balaban J connectivity index is 1.67. The average molecular weight is 509 g/mol. The number of aliphatic carboxylic acids is 1. The minimum absolute atomic E-state index is 0.0140. The van der Waals surface area contributed by atoms with Gasteiger partial charge in [0.05, 0.1) is 6.04 Å². The second-order valence-corrected chi connectivity index (χ2v) is 11.1. The lowest BCUT2D eigenvalue weighted by atomic mass is 9.84. The molecular weight excluding hydrogens is 476 g/mol. The summed E-state index contributed by atoms with van der Waals surface area (Å²) in [5, 5.41) is 9.00. The van der Waals surface area contributed by atoms with Gasteiger partial charge in [0.25, 0.3) is 11.3 Å². The molecule has 3 aromatic rings. The van der Waals surface area contributed by atoms with Gasteiger partial charge in [-0.1, -0.05) is 56.7 Å². The van der Waals surface area contributed by atoms with Gasteiger partial charge in [0, 0.05) is 11.8 Å². The molecule has 2 atom stereocenters. The number of aromatic nitrogens is 1. The molecule has 8 heteroatoms. The van der Waals surface area contributed by atoms with Crippen LogP contribution in [0.5, 0.6) is 5.75 Å². The number of carboxylic acid groups (broad SMARTS) is 1. The van der Waals surface area contributed by atoms with Gasteiger partial charge >= 0.3 is 5.97 Å². The van der Waals surface area contributed by atoms with Crippen LogP contribution in [0.15, 0.2) is 54.7 Å². The van der Waals surface area contributed by atoms with E-state index in [1.165, 1.54) is 15.4 Å². The van der Waals surface area contributed by atoms with Gasteiger partial charge < -0.3 is 9.84 Å². The van der Waals surface area contributed by atoms with Crippen LogP contribution in [0, 0.1) is 6.92 Å². The van der Waals surface area contributed by atoms with Gasteiger partial charge in [0.2, 0.25) is 0 Å². The van der Waals surface area contributed by atoms with Gasteiger partial charge in [-0.3, -0.25) is 4.55 Å². The molecule has 0 spiro atoms. The minimum Gasteiger partial charge on any atom is -0.482 e. The summed E-state index contributed by atoms with van der Waals surface area (Å²) in [6.07, 6.45) is 3.89. The third-order valence-electron chi connectivity index (χ3n) is 6.49. The van der Waals surface area contributed by atoms with Gasteiger partial charge in [-0.2, -0.15) is 0 Å². The summed E-state index contributed by atoms with van der Waals surface area (Å²) in [5.74, 6) is -0.149. The smallest absolute Gasteiger partial charge is 0.341 e. The number of pyridine rings is 1. The molecule has 0 fully saturated rings. The number of fused-ring (bicyclic) bond motifs is 1. The quantitative estimate of drug-likeness (QED) is 0.389. The van der Waals surface area contributed by atoms with E-state index >= 15 is 0 Å². The van der Waals surface area contributed by atoms with Crippen LogP contribution in [0.4, 0.5) is 5.82 Å². The van der Waals surface area contributed by atoms with Crippen LogP contribution < -0.4 is 9.04 Å². The summed E-state index contributed by atoms with van der Waals surface area (Å²) in [7, 11) is 0. The zero-order valence-corrected chi connectivity index (χ0v) is 21.8. The Kier molecular flexibility index (Phi) is 7.47. The summed E-state index contributed by atoms with van der Waals surface area (Å²) >= 11 is -2.31. The maximum Gasteiger partial charge on any atom is 0.341 e. The fraction of sp³-hybridized carbons (Fsp3) is 0.357. The van der Waals surface area contributed by atoms with Crippen LogP contribution in [0.3, 0.4) is 0 Å². The van der Waals surface area contributed by atoms with Crippen LogP contribution in [0.1, 0.15) is 61.9 Å². The number of nitrogens with zero attached hydrogens (tertiary/aromatic N) is 2. The molecule has 7 nitrogen and oxygen atoms in total. The minimum atomic E-state index is -2.31. The molecule has 0 amide bonds. The highest BCUT2D eigenvalue weighted by Crippen LogP contribution is 2.41. The first-order valence-electron chi connectivity index (χ1n) is 12.0. The number of anilines is 1. The molecule has 1 aromatic heterocycles. The second-order valence-electron chi connectivity index (χ2n) is 10.2. The SMILES string of the molecule is Cc1cc(-c2ccc(N(C3CCCc4c(OCC(=O)O)cccc43)S(=O)O)nc2)cc(C(C)(C)C)c1. The third-order valence-corrected chi connectivity index (χ3v) is 7.26. The number of ether oxygens (including phenoxy) is 1. The highest BCUT2D eigenvalue weighted by molar-refractivity contribution is 7.80. The largest absolute Gasteiger partial charge is 0.482 e. The predicted molar refractivity (Wildman–Crippen MR) is 142 cm³/mol. The normalized spacial score (nSPS) is 16.2. The first-order chi connectivity index (χ1) is 17.0. The van der Waals surface area contributed by atoms with Crippen molar-refractivity contribution in [2.45, 2.75) is 58.4 Å². The topological polar surface area (TPSA) is 100.0 Å². The van der Waals surface area contributed by atoms with E-state index in [2.05, 4.69) is 50.9 Å². The maximum absolute atomic E-state index is 12.6. The Morgan fingerprint density at radius 2 is 1.94 bits per heavy atom. The molecule has 0 aliphatic heterocycles. The molecule has 0 saturated carbocycles. The maximum atomic E-state index is 12.6.